The van der Waals surface area contributed by atoms with Crippen LogP contribution in [0.25, 0.3) is 0 Å². The lowest BCUT2D eigenvalue weighted by atomic mass is 9.93. The maximum absolute atomic E-state index is 11.5. The molecule has 0 bridgehead atoms. The maximum Gasteiger partial charge on any atom is 0.310 e. The Kier molecular flexibility index (Phi) is 6.34. The highest BCUT2D eigenvalue weighted by Crippen LogP contribution is 2.33. The molecular formula is C24H28BrN3O3. The molecule has 3 aliphatic rings. The van der Waals surface area contributed by atoms with Crippen molar-refractivity contribution in [3.05, 3.63) is 64.0 Å². The molecule has 4 rings (SSSR count). The third-order valence-electron chi connectivity index (χ3n) is 5.82. The minimum atomic E-state index is -0.761. The number of ether oxygens (including phenoxy) is 1. The Bertz CT molecular complexity index is 986. The second-order valence-corrected chi connectivity index (χ2v) is 9.67. The summed E-state index contributed by atoms with van der Waals surface area (Å²) in [5.74, 6) is 1.81. The van der Waals surface area contributed by atoms with Gasteiger partial charge in [-0.1, -0.05) is 34.2 Å². The second kappa shape index (κ2) is 9.01. The molecule has 1 aliphatic carbocycles. The van der Waals surface area contributed by atoms with E-state index in [-0.39, 0.29) is 0 Å². The molecule has 0 atom stereocenters. The Balaban J connectivity index is 1.62. The van der Waals surface area contributed by atoms with Crippen molar-refractivity contribution in [2.45, 2.75) is 26.7 Å². The smallest absolute Gasteiger partial charge is 0.310 e. The molecule has 7 heteroatoms. The van der Waals surface area contributed by atoms with Gasteiger partial charge in [-0.15, -0.1) is 0 Å². The molecule has 0 saturated carbocycles. The summed E-state index contributed by atoms with van der Waals surface area (Å²) in [4.78, 5) is 21.1. The van der Waals surface area contributed by atoms with Crippen LogP contribution >= 0.6 is 15.9 Å². The van der Waals surface area contributed by atoms with Gasteiger partial charge in [0.25, 0.3) is 0 Å². The van der Waals surface area contributed by atoms with Gasteiger partial charge in [0.2, 0.25) is 0 Å². The van der Waals surface area contributed by atoms with E-state index < -0.39 is 11.4 Å². The largest absolute Gasteiger partial charge is 0.481 e. The summed E-state index contributed by atoms with van der Waals surface area (Å²) >= 11 is 3.59. The number of carboxylic acids is 1. The van der Waals surface area contributed by atoms with Crippen LogP contribution in [-0.2, 0) is 4.79 Å². The van der Waals surface area contributed by atoms with Gasteiger partial charge in [0.05, 0.1) is 11.0 Å². The van der Waals surface area contributed by atoms with E-state index in [9.17, 15) is 9.90 Å². The Hall–Kier alpha value is -2.38. The number of benzene rings is 1. The van der Waals surface area contributed by atoms with Gasteiger partial charge in [0.1, 0.15) is 23.0 Å². The number of allylic oxidation sites excluding steroid dienone is 4. The standard InChI is InChI=1S/C24H28BrN3O3/c1-24(2,23(29)30)16-27-11-13-28(14-12-27)22-18-15-17(25)9-10-20(18)31-21-8-6-4-3-5-7-19(21)26-22/h4-7,9-10,15H,3,8,11-14,16H2,1-2H3,(H,29,30)/b6-4-,7-5?. The Morgan fingerprint density at radius 2 is 1.97 bits per heavy atom. The van der Waals surface area contributed by atoms with E-state index in [4.69, 9.17) is 9.73 Å². The van der Waals surface area contributed by atoms with Crippen LogP contribution in [0.2, 0.25) is 0 Å². The monoisotopic (exact) mass is 485 g/mol. The van der Waals surface area contributed by atoms with Crippen LogP contribution in [0.4, 0.5) is 0 Å². The molecule has 0 radical (unpaired) electrons. The molecule has 1 saturated heterocycles. The fourth-order valence-electron chi connectivity index (χ4n) is 3.99. The van der Waals surface area contributed by atoms with Crippen LogP contribution < -0.4 is 4.74 Å². The first kappa shape index (κ1) is 21.8. The van der Waals surface area contributed by atoms with Crippen LogP contribution in [0.5, 0.6) is 5.75 Å². The fourth-order valence-corrected chi connectivity index (χ4v) is 4.36. The molecule has 2 aliphatic heterocycles. The van der Waals surface area contributed by atoms with Crippen molar-refractivity contribution in [3.8, 4) is 5.75 Å². The zero-order chi connectivity index (χ0) is 22.0. The quantitative estimate of drug-likeness (QED) is 0.641. The van der Waals surface area contributed by atoms with Gasteiger partial charge in [0.15, 0.2) is 0 Å². The molecule has 164 valence electrons. The highest BCUT2D eigenvalue weighted by molar-refractivity contribution is 9.10. The van der Waals surface area contributed by atoms with E-state index in [0.29, 0.717) is 13.0 Å². The number of nitrogens with zero attached hydrogens (tertiary/aromatic N) is 3. The number of hydrogen-bond acceptors (Lipinski definition) is 5. The minimum Gasteiger partial charge on any atom is -0.481 e. The summed E-state index contributed by atoms with van der Waals surface area (Å²) in [5, 5.41) is 9.46. The predicted octanol–water partition coefficient (Wildman–Crippen LogP) is 4.43. The third-order valence-corrected chi connectivity index (χ3v) is 6.31. The lowest BCUT2D eigenvalue weighted by Gasteiger charge is -2.39. The van der Waals surface area contributed by atoms with Crippen LogP contribution in [0.1, 0.15) is 32.3 Å². The SMILES string of the molecule is CC(C)(CN1CCN(C2=NC3=C(C/C=C\CC=C3)Oc3ccc(Br)cc32)CC1)C(=O)O. The average molecular weight is 486 g/mol. The second-order valence-electron chi connectivity index (χ2n) is 8.75. The van der Waals surface area contributed by atoms with E-state index >= 15 is 0 Å². The summed E-state index contributed by atoms with van der Waals surface area (Å²) in [6, 6.07) is 6.04. The van der Waals surface area contributed by atoms with Crippen LogP contribution in [0, 0.1) is 5.41 Å². The number of carboxylic acid groups (broad SMARTS) is 1. The molecule has 1 aromatic carbocycles. The van der Waals surface area contributed by atoms with Gasteiger partial charge < -0.3 is 14.7 Å². The van der Waals surface area contributed by atoms with Crippen LogP contribution in [-0.4, -0.2) is 59.4 Å². The molecule has 1 aromatic rings. The molecular weight excluding hydrogens is 458 g/mol. The van der Waals surface area contributed by atoms with Gasteiger partial charge in [0, 0.05) is 43.6 Å². The zero-order valence-electron chi connectivity index (χ0n) is 18.0. The Morgan fingerprint density at radius 1 is 1.19 bits per heavy atom. The van der Waals surface area contributed by atoms with E-state index in [1.165, 1.54) is 0 Å². The number of fused-ring (bicyclic) bond motifs is 1. The molecule has 0 aromatic heterocycles. The van der Waals surface area contributed by atoms with Gasteiger partial charge in [-0.2, -0.15) is 0 Å². The van der Waals surface area contributed by atoms with Gasteiger partial charge in [-0.3, -0.25) is 9.69 Å². The summed E-state index contributed by atoms with van der Waals surface area (Å²) in [6.45, 7) is 7.27. The zero-order valence-corrected chi connectivity index (χ0v) is 19.6. The molecule has 1 fully saturated rings. The highest BCUT2D eigenvalue weighted by atomic mass is 79.9. The number of carbonyl (C=O) groups is 1. The molecule has 0 spiro atoms. The molecule has 0 amide bonds. The number of hydrogen-bond donors (Lipinski definition) is 1. The van der Waals surface area contributed by atoms with Crippen LogP contribution in [0.15, 0.2) is 63.4 Å². The van der Waals surface area contributed by atoms with E-state index in [1.807, 2.05) is 18.2 Å². The number of halogens is 1. The number of aliphatic imine (C=N–C) groups is 1. The maximum atomic E-state index is 11.5. The van der Waals surface area contributed by atoms with Crippen molar-refractivity contribution in [1.29, 1.82) is 0 Å². The van der Waals surface area contributed by atoms with E-state index in [1.54, 1.807) is 13.8 Å². The first-order valence-electron chi connectivity index (χ1n) is 10.7. The number of aliphatic carboxylic acids is 1. The van der Waals surface area contributed by atoms with Crippen molar-refractivity contribution in [2.24, 2.45) is 10.4 Å². The van der Waals surface area contributed by atoms with Crippen molar-refractivity contribution in [2.75, 3.05) is 32.7 Å². The number of amidine groups is 1. The lowest BCUT2D eigenvalue weighted by Crippen LogP contribution is -2.52. The van der Waals surface area contributed by atoms with E-state index in [0.717, 1.165) is 65.7 Å². The summed E-state index contributed by atoms with van der Waals surface area (Å²) < 4.78 is 7.31. The lowest BCUT2D eigenvalue weighted by molar-refractivity contribution is -0.148. The van der Waals surface area contributed by atoms with Crippen LogP contribution in [0.3, 0.4) is 0 Å². The first-order valence-corrected chi connectivity index (χ1v) is 11.4. The normalized spacial score (nSPS) is 20.6. The minimum absolute atomic E-state index is 0.540. The molecule has 2 heterocycles. The molecule has 6 nitrogen and oxygen atoms in total. The Labute approximate surface area is 191 Å². The summed E-state index contributed by atoms with van der Waals surface area (Å²) in [7, 11) is 0. The summed E-state index contributed by atoms with van der Waals surface area (Å²) in [6.07, 6.45) is 10.0. The highest BCUT2D eigenvalue weighted by Gasteiger charge is 2.32. The molecule has 1 N–H and O–H groups in total. The van der Waals surface area contributed by atoms with Crippen molar-refractivity contribution in [3.63, 3.8) is 0 Å². The third kappa shape index (κ3) is 4.93. The predicted molar refractivity (Wildman–Crippen MR) is 125 cm³/mol. The molecule has 0 unspecified atom stereocenters. The Morgan fingerprint density at radius 3 is 2.71 bits per heavy atom. The van der Waals surface area contributed by atoms with Crippen molar-refractivity contribution < 1.29 is 14.6 Å². The molecule has 31 heavy (non-hydrogen) atoms. The van der Waals surface area contributed by atoms with Gasteiger partial charge in [-0.05, 0) is 44.5 Å². The van der Waals surface area contributed by atoms with Gasteiger partial charge >= 0.3 is 5.97 Å². The van der Waals surface area contributed by atoms with Gasteiger partial charge in [-0.25, -0.2) is 4.99 Å². The number of piperazine rings is 1. The average Bonchev–Trinajstić information content (AvgIpc) is 2.85. The topological polar surface area (TPSA) is 65.4 Å². The fraction of sp³-hybridized carbons (Fsp3) is 0.417. The first-order chi connectivity index (χ1) is 14.8. The van der Waals surface area contributed by atoms with E-state index in [2.05, 4.69) is 50.0 Å². The van der Waals surface area contributed by atoms with Crippen molar-refractivity contribution in [1.82, 2.24) is 9.80 Å². The van der Waals surface area contributed by atoms with Crippen molar-refractivity contribution >= 4 is 27.7 Å². The summed E-state index contributed by atoms with van der Waals surface area (Å²) in [5.41, 5.74) is 1.07. The number of rotatable bonds is 3.